The van der Waals surface area contributed by atoms with Gasteiger partial charge in [-0.2, -0.15) is 11.8 Å². The van der Waals surface area contributed by atoms with Crippen LogP contribution in [-0.2, 0) is 9.57 Å². The Balaban J connectivity index is 0.00000129. The molecule has 0 saturated carbocycles. The number of hydrogen-bond donors (Lipinski definition) is 1. The molecule has 1 fully saturated rings. The minimum Gasteiger partial charge on any atom is -0.388 e. The van der Waals surface area contributed by atoms with E-state index in [1.807, 2.05) is 77.6 Å². The van der Waals surface area contributed by atoms with Crippen LogP contribution in [-0.4, -0.2) is 49.7 Å². The van der Waals surface area contributed by atoms with Gasteiger partial charge in [0.2, 0.25) is 0 Å². The van der Waals surface area contributed by atoms with Gasteiger partial charge in [0.15, 0.2) is 0 Å². The Labute approximate surface area is 188 Å². The minimum atomic E-state index is -0.474. The largest absolute Gasteiger partial charge is 0.388 e. The smallest absolute Gasteiger partial charge is 0.145 e. The normalized spacial score (nSPS) is 18.2. The molecule has 1 aromatic rings. The zero-order valence-corrected chi connectivity index (χ0v) is 21.1. The fraction of sp³-hybridized carbons (Fsp3) is 0.708. The highest BCUT2D eigenvalue weighted by atomic mass is 32.2. The van der Waals surface area contributed by atoms with Crippen LogP contribution in [0.25, 0.3) is 0 Å². The first-order chi connectivity index (χ1) is 14.7. The number of thioether (sulfide) groups is 1. The molecule has 2 aliphatic heterocycles. The van der Waals surface area contributed by atoms with Crippen molar-refractivity contribution in [1.29, 1.82) is 0 Å². The van der Waals surface area contributed by atoms with Gasteiger partial charge < -0.3 is 14.9 Å². The summed E-state index contributed by atoms with van der Waals surface area (Å²) in [5.41, 5.74) is 2.96. The van der Waals surface area contributed by atoms with E-state index in [0.717, 1.165) is 47.6 Å². The summed E-state index contributed by atoms with van der Waals surface area (Å²) in [4.78, 5) is 5.81. The van der Waals surface area contributed by atoms with Gasteiger partial charge >= 0.3 is 0 Å². The highest BCUT2D eigenvalue weighted by Crippen LogP contribution is 2.38. The predicted octanol–water partition coefficient (Wildman–Crippen LogP) is 6.40. The van der Waals surface area contributed by atoms with E-state index >= 15 is 0 Å². The van der Waals surface area contributed by atoms with E-state index < -0.39 is 6.67 Å². The molecular formula is C24H43FN2O2S. The molecule has 0 radical (unpaired) electrons. The number of nitrogens with zero attached hydrogens (tertiary/aromatic N) is 1. The average Bonchev–Trinajstić information content (AvgIpc) is 3.25. The van der Waals surface area contributed by atoms with Crippen LogP contribution < -0.4 is 5.32 Å². The molecule has 2 aliphatic rings. The van der Waals surface area contributed by atoms with Gasteiger partial charge in [-0.25, -0.2) is 4.39 Å². The lowest BCUT2D eigenvalue weighted by atomic mass is 9.88. The number of oxime groups is 1. The van der Waals surface area contributed by atoms with Crippen molar-refractivity contribution in [2.24, 2.45) is 5.16 Å². The summed E-state index contributed by atoms with van der Waals surface area (Å²) in [6.07, 6.45) is 2.70. The summed E-state index contributed by atoms with van der Waals surface area (Å²) in [5, 5.41) is 7.31. The van der Waals surface area contributed by atoms with E-state index in [9.17, 15) is 4.39 Å². The number of benzene rings is 1. The zero-order valence-electron chi connectivity index (χ0n) is 20.3. The first-order valence-electron chi connectivity index (χ1n) is 11.4. The van der Waals surface area contributed by atoms with Gasteiger partial charge in [0.05, 0.1) is 17.9 Å². The van der Waals surface area contributed by atoms with E-state index in [2.05, 4.69) is 10.5 Å². The van der Waals surface area contributed by atoms with Gasteiger partial charge in [-0.05, 0) is 42.5 Å². The van der Waals surface area contributed by atoms with Gasteiger partial charge in [-0.15, -0.1) is 0 Å². The number of alkyl halides is 1. The van der Waals surface area contributed by atoms with Gasteiger partial charge in [0, 0.05) is 13.5 Å². The number of halogens is 1. The predicted molar refractivity (Wildman–Crippen MR) is 131 cm³/mol. The second-order valence-electron chi connectivity index (χ2n) is 6.43. The Bertz CT molecular complexity index is 571. The highest BCUT2D eigenvalue weighted by Gasteiger charge is 2.40. The van der Waals surface area contributed by atoms with Crippen LogP contribution in [0.2, 0.25) is 0 Å². The van der Waals surface area contributed by atoms with E-state index in [1.54, 1.807) is 14.2 Å². The first-order valence-corrected chi connectivity index (χ1v) is 12.6. The van der Waals surface area contributed by atoms with E-state index in [0.29, 0.717) is 0 Å². The van der Waals surface area contributed by atoms with E-state index in [1.165, 1.54) is 0 Å². The van der Waals surface area contributed by atoms with Crippen LogP contribution in [0.4, 0.5) is 4.39 Å². The molecule has 1 N–H and O–H groups in total. The number of rotatable bonds is 6. The van der Waals surface area contributed by atoms with Crippen molar-refractivity contribution in [2.75, 3.05) is 32.3 Å². The summed E-state index contributed by atoms with van der Waals surface area (Å²) in [6.45, 7) is 11.5. The quantitative estimate of drug-likeness (QED) is 0.553. The van der Waals surface area contributed by atoms with Crippen molar-refractivity contribution in [3.8, 4) is 0 Å². The van der Waals surface area contributed by atoms with Crippen LogP contribution >= 0.6 is 11.8 Å². The van der Waals surface area contributed by atoms with Gasteiger partial charge in [-0.3, -0.25) is 0 Å². The van der Waals surface area contributed by atoms with Crippen LogP contribution in [0, 0.1) is 0 Å². The fourth-order valence-electron chi connectivity index (χ4n) is 3.40. The first kappa shape index (κ1) is 28.9. The van der Waals surface area contributed by atoms with Crippen molar-refractivity contribution in [2.45, 2.75) is 78.6 Å². The van der Waals surface area contributed by atoms with Crippen LogP contribution in [0.3, 0.4) is 0 Å². The Kier molecular flexibility index (Phi) is 16.0. The number of nitrogens with one attached hydrogen (secondary N) is 1. The van der Waals surface area contributed by atoms with Crippen molar-refractivity contribution in [1.82, 2.24) is 5.32 Å². The number of ether oxygens (including phenoxy) is 1. The molecule has 1 aromatic carbocycles. The van der Waals surface area contributed by atoms with Gasteiger partial charge in [-0.1, -0.05) is 71.0 Å². The highest BCUT2D eigenvalue weighted by molar-refractivity contribution is 7.99. The fourth-order valence-corrected chi connectivity index (χ4v) is 4.63. The van der Waals surface area contributed by atoms with Crippen molar-refractivity contribution in [3.05, 3.63) is 35.4 Å². The molecule has 0 aliphatic carbocycles. The number of methoxy groups -OCH3 is 1. The van der Waals surface area contributed by atoms with Gasteiger partial charge in [0.1, 0.15) is 12.3 Å². The maximum absolute atomic E-state index is 13.1. The maximum Gasteiger partial charge on any atom is 0.145 e. The second kappa shape index (κ2) is 16.6. The average molecular weight is 443 g/mol. The third-order valence-corrected chi connectivity index (χ3v) is 5.96. The molecule has 0 amide bonds. The molecule has 2 heterocycles. The number of hydrogen-bond acceptors (Lipinski definition) is 5. The molecule has 1 spiro atoms. The zero-order chi connectivity index (χ0) is 23.0. The van der Waals surface area contributed by atoms with Crippen molar-refractivity contribution in [3.63, 3.8) is 0 Å². The lowest BCUT2D eigenvalue weighted by Gasteiger charge is -2.30. The molecule has 0 bridgehead atoms. The number of likely N-dealkylation sites (N-methyl/N-ethyl adjacent to an activating group) is 1. The molecule has 30 heavy (non-hydrogen) atoms. The summed E-state index contributed by atoms with van der Waals surface area (Å²) in [7, 11) is 3.36. The SMILES string of the molecule is CC.CC.CC.CNC(CF)C(OC)c1ccc(C2=NOC3(CCSCC3)C2)cc1. The molecule has 1 saturated heterocycles. The molecule has 4 nitrogen and oxygen atoms in total. The molecule has 2 atom stereocenters. The van der Waals surface area contributed by atoms with Crippen LogP contribution in [0.5, 0.6) is 0 Å². The van der Waals surface area contributed by atoms with E-state index in [-0.39, 0.29) is 17.7 Å². The Morgan fingerprint density at radius 3 is 2.13 bits per heavy atom. The molecule has 2 unspecified atom stereocenters. The molecule has 174 valence electrons. The molecular weight excluding hydrogens is 399 g/mol. The second-order valence-corrected chi connectivity index (χ2v) is 7.65. The Morgan fingerprint density at radius 2 is 1.67 bits per heavy atom. The molecule has 6 heteroatoms. The lowest BCUT2D eigenvalue weighted by molar-refractivity contribution is -0.0245. The summed E-state index contributed by atoms with van der Waals surface area (Å²) >= 11 is 1.99. The summed E-state index contributed by atoms with van der Waals surface area (Å²) in [5.74, 6) is 2.29. The van der Waals surface area contributed by atoms with Crippen LogP contribution in [0.1, 0.15) is 78.0 Å². The third-order valence-electron chi connectivity index (χ3n) is 4.97. The Morgan fingerprint density at radius 1 is 1.10 bits per heavy atom. The standard InChI is InChI=1S/C18H25FN2O2S.3C2H6/c1-20-16(12-19)17(22-2)14-5-3-13(4-6-14)15-11-18(23-21-15)7-9-24-10-8-18;3*1-2/h3-6,16-17,20H,7-12H2,1-2H3;3*1-2H3. The summed E-state index contributed by atoms with van der Waals surface area (Å²) < 4.78 is 18.6. The lowest BCUT2D eigenvalue weighted by Crippen LogP contribution is -2.35. The molecule has 3 rings (SSSR count). The van der Waals surface area contributed by atoms with Crippen molar-refractivity contribution >= 4 is 17.5 Å². The topological polar surface area (TPSA) is 42.8 Å². The third kappa shape index (κ3) is 7.86. The summed E-state index contributed by atoms with van der Waals surface area (Å²) in [6, 6.07) is 7.70. The Hall–Kier alpha value is -1.11. The monoisotopic (exact) mass is 442 g/mol. The van der Waals surface area contributed by atoms with Gasteiger partial charge in [0.25, 0.3) is 0 Å². The van der Waals surface area contributed by atoms with E-state index in [4.69, 9.17) is 9.57 Å². The van der Waals surface area contributed by atoms with Crippen molar-refractivity contribution < 1.29 is 14.0 Å². The maximum atomic E-state index is 13.1. The van der Waals surface area contributed by atoms with Crippen LogP contribution in [0.15, 0.2) is 29.4 Å². The minimum absolute atomic E-state index is 0.0836. The molecule has 0 aromatic heterocycles.